The van der Waals surface area contributed by atoms with Crippen LogP contribution < -0.4 is 15.8 Å². The van der Waals surface area contributed by atoms with Gasteiger partial charge in [0.05, 0.1) is 12.8 Å². The summed E-state index contributed by atoms with van der Waals surface area (Å²) >= 11 is 6.01. The molecule has 1 amide bonds. The number of piperidine rings is 1. The maximum atomic E-state index is 12.7. The van der Waals surface area contributed by atoms with Crippen molar-refractivity contribution < 1.29 is 9.53 Å². The average Bonchev–Trinajstić information content (AvgIpc) is 2.52. The van der Waals surface area contributed by atoms with Gasteiger partial charge in [0.15, 0.2) is 0 Å². The number of ether oxygens (including phenoxy) is 1. The first kappa shape index (κ1) is 21.1. The van der Waals surface area contributed by atoms with Gasteiger partial charge in [-0.25, -0.2) is 0 Å². The minimum Gasteiger partial charge on any atom is -0.495 e. The predicted octanol–water partition coefficient (Wildman–Crippen LogP) is 3.67. The zero-order valence-electron chi connectivity index (χ0n) is 16.5. The number of hydrogen-bond donors (Lipinski definition) is 2. The number of nitrogens with two attached hydrogens (primary N) is 1. The molecule has 7 heteroatoms. The van der Waals surface area contributed by atoms with Crippen LogP contribution in [0, 0.1) is 11.3 Å². The third-order valence-corrected chi connectivity index (χ3v) is 5.10. The van der Waals surface area contributed by atoms with E-state index in [0.29, 0.717) is 16.5 Å². The van der Waals surface area contributed by atoms with E-state index in [0.717, 1.165) is 12.8 Å². The third kappa shape index (κ3) is 4.74. The van der Waals surface area contributed by atoms with Gasteiger partial charge in [0.1, 0.15) is 17.4 Å². The van der Waals surface area contributed by atoms with Crippen molar-refractivity contribution in [2.45, 2.75) is 57.7 Å². The Bertz CT molecular complexity index is 778. The molecule has 1 saturated heterocycles. The SMILES string of the molecule is COc1ccc(Cl)cc1NC(=O)/C(C#N)=C\N1C(C)(C)CC(N)CC1(C)C. The van der Waals surface area contributed by atoms with Crippen molar-refractivity contribution in [3.05, 3.63) is 35.0 Å². The fourth-order valence-corrected chi connectivity index (χ4v) is 4.13. The Labute approximate surface area is 165 Å². The van der Waals surface area contributed by atoms with Gasteiger partial charge in [0.2, 0.25) is 0 Å². The third-order valence-electron chi connectivity index (χ3n) is 4.86. The number of nitriles is 1. The van der Waals surface area contributed by atoms with Crippen LogP contribution in [0.5, 0.6) is 5.75 Å². The Morgan fingerprint density at radius 1 is 1.37 bits per heavy atom. The summed E-state index contributed by atoms with van der Waals surface area (Å²) in [6.45, 7) is 8.27. The minimum atomic E-state index is -0.514. The van der Waals surface area contributed by atoms with Gasteiger partial charge >= 0.3 is 0 Å². The van der Waals surface area contributed by atoms with E-state index in [1.165, 1.54) is 7.11 Å². The molecule has 0 unspecified atom stereocenters. The van der Waals surface area contributed by atoms with Crippen molar-refractivity contribution in [2.75, 3.05) is 12.4 Å². The molecule has 146 valence electrons. The van der Waals surface area contributed by atoms with E-state index in [-0.39, 0.29) is 22.7 Å². The second-order valence-electron chi connectivity index (χ2n) is 8.12. The molecule has 1 fully saturated rings. The van der Waals surface area contributed by atoms with Crippen LogP contribution in [0.1, 0.15) is 40.5 Å². The molecule has 0 radical (unpaired) electrons. The van der Waals surface area contributed by atoms with Crippen LogP contribution >= 0.6 is 11.6 Å². The van der Waals surface area contributed by atoms with E-state index in [1.54, 1.807) is 24.4 Å². The molecule has 0 spiro atoms. The summed E-state index contributed by atoms with van der Waals surface area (Å²) in [5.74, 6) is -0.0471. The molecule has 27 heavy (non-hydrogen) atoms. The lowest BCUT2D eigenvalue weighted by Crippen LogP contribution is -2.61. The van der Waals surface area contributed by atoms with Crippen LogP contribution in [-0.4, -0.2) is 35.0 Å². The lowest BCUT2D eigenvalue weighted by Gasteiger charge is -2.54. The maximum Gasteiger partial charge on any atom is 0.267 e. The van der Waals surface area contributed by atoms with Crippen molar-refractivity contribution in [3.63, 3.8) is 0 Å². The highest BCUT2D eigenvalue weighted by atomic mass is 35.5. The Kier molecular flexibility index (Phi) is 6.08. The molecule has 1 aliphatic heterocycles. The number of hydrogen-bond acceptors (Lipinski definition) is 5. The van der Waals surface area contributed by atoms with Crippen molar-refractivity contribution >= 4 is 23.2 Å². The normalized spacial score (nSPS) is 19.3. The number of carbonyl (C=O) groups excluding carboxylic acids is 1. The van der Waals surface area contributed by atoms with Gasteiger partial charge in [-0.15, -0.1) is 0 Å². The summed E-state index contributed by atoms with van der Waals surface area (Å²) in [4.78, 5) is 14.8. The van der Waals surface area contributed by atoms with E-state index >= 15 is 0 Å². The number of nitrogens with one attached hydrogen (secondary N) is 1. The Balaban J connectivity index is 2.34. The largest absolute Gasteiger partial charge is 0.495 e. The first-order valence-electron chi connectivity index (χ1n) is 8.82. The highest BCUT2D eigenvalue weighted by Crippen LogP contribution is 2.38. The van der Waals surface area contributed by atoms with Crippen LogP contribution in [-0.2, 0) is 4.79 Å². The molecule has 6 nitrogen and oxygen atoms in total. The van der Waals surface area contributed by atoms with E-state index in [2.05, 4.69) is 37.9 Å². The summed E-state index contributed by atoms with van der Waals surface area (Å²) in [6, 6.07) is 7.00. The van der Waals surface area contributed by atoms with Gasteiger partial charge in [0, 0.05) is 28.3 Å². The van der Waals surface area contributed by atoms with Crippen LogP contribution in [0.25, 0.3) is 0 Å². The van der Waals surface area contributed by atoms with E-state index in [4.69, 9.17) is 22.1 Å². The standard InChI is InChI=1S/C20H27ClN4O2/c1-19(2)9-15(23)10-20(3,4)25(19)12-13(11-22)18(26)24-16-8-14(21)6-7-17(16)27-5/h6-8,12,15H,9-10,23H2,1-5H3,(H,24,26)/b13-12-. The predicted molar refractivity (Wildman–Crippen MR) is 108 cm³/mol. The maximum absolute atomic E-state index is 12.7. The lowest BCUT2D eigenvalue weighted by molar-refractivity contribution is -0.112. The van der Waals surface area contributed by atoms with Gasteiger partial charge in [-0.05, 0) is 58.7 Å². The van der Waals surface area contributed by atoms with Crippen LogP contribution in [0.15, 0.2) is 30.0 Å². The highest BCUT2D eigenvalue weighted by molar-refractivity contribution is 6.31. The number of halogens is 1. The van der Waals surface area contributed by atoms with Gasteiger partial charge in [-0.3, -0.25) is 4.79 Å². The number of carbonyl (C=O) groups is 1. The van der Waals surface area contributed by atoms with E-state index < -0.39 is 5.91 Å². The van der Waals surface area contributed by atoms with E-state index in [1.807, 2.05) is 6.07 Å². The molecule has 1 aromatic carbocycles. The second kappa shape index (κ2) is 7.79. The number of methoxy groups -OCH3 is 1. The highest BCUT2D eigenvalue weighted by Gasteiger charge is 2.43. The zero-order chi connectivity index (χ0) is 20.4. The zero-order valence-corrected chi connectivity index (χ0v) is 17.2. The molecular formula is C20H27ClN4O2. The van der Waals surface area contributed by atoms with Crippen molar-refractivity contribution in [1.29, 1.82) is 5.26 Å². The molecule has 0 aromatic heterocycles. The summed E-state index contributed by atoms with van der Waals surface area (Å²) < 4.78 is 5.24. The summed E-state index contributed by atoms with van der Waals surface area (Å²) in [6.07, 6.45) is 3.18. The average molecular weight is 391 g/mol. The Hall–Kier alpha value is -2.23. The smallest absolute Gasteiger partial charge is 0.267 e. The number of anilines is 1. The van der Waals surface area contributed by atoms with Crippen molar-refractivity contribution in [2.24, 2.45) is 5.73 Å². The van der Waals surface area contributed by atoms with Crippen LogP contribution in [0.4, 0.5) is 5.69 Å². The molecule has 0 bridgehead atoms. The topological polar surface area (TPSA) is 91.4 Å². The molecule has 1 aromatic rings. The lowest BCUT2D eigenvalue weighted by atomic mass is 9.77. The molecular weight excluding hydrogens is 364 g/mol. The first-order chi connectivity index (χ1) is 12.5. The van der Waals surface area contributed by atoms with Crippen molar-refractivity contribution in [1.82, 2.24) is 4.90 Å². The minimum absolute atomic E-state index is 0.00801. The van der Waals surface area contributed by atoms with E-state index in [9.17, 15) is 10.1 Å². The number of amides is 1. The number of nitrogens with zero attached hydrogens (tertiary/aromatic N) is 2. The van der Waals surface area contributed by atoms with Crippen molar-refractivity contribution in [3.8, 4) is 11.8 Å². The Morgan fingerprint density at radius 3 is 2.48 bits per heavy atom. The fourth-order valence-electron chi connectivity index (χ4n) is 3.96. The Morgan fingerprint density at radius 2 is 1.96 bits per heavy atom. The summed E-state index contributed by atoms with van der Waals surface area (Å²) in [7, 11) is 1.50. The summed E-state index contributed by atoms with van der Waals surface area (Å²) in [5.41, 5.74) is 6.06. The van der Waals surface area contributed by atoms with Gasteiger partial charge < -0.3 is 20.7 Å². The summed E-state index contributed by atoms with van der Waals surface area (Å²) in [5, 5.41) is 12.8. The molecule has 0 aliphatic carbocycles. The molecule has 3 N–H and O–H groups in total. The second-order valence-corrected chi connectivity index (χ2v) is 8.55. The quantitative estimate of drug-likeness (QED) is 0.604. The van der Waals surface area contributed by atoms with Crippen LogP contribution in [0.3, 0.4) is 0 Å². The number of rotatable bonds is 4. The molecule has 1 heterocycles. The van der Waals surface area contributed by atoms with Gasteiger partial charge in [-0.1, -0.05) is 11.6 Å². The fraction of sp³-hybridized carbons (Fsp3) is 0.500. The molecule has 1 aliphatic rings. The van der Waals surface area contributed by atoms with Gasteiger partial charge in [-0.2, -0.15) is 5.26 Å². The molecule has 0 saturated carbocycles. The van der Waals surface area contributed by atoms with Crippen LogP contribution in [0.2, 0.25) is 5.02 Å². The molecule has 0 atom stereocenters. The first-order valence-corrected chi connectivity index (χ1v) is 9.20. The number of likely N-dealkylation sites (tertiary alicyclic amines) is 1. The molecule has 2 rings (SSSR count). The van der Waals surface area contributed by atoms with Gasteiger partial charge in [0.25, 0.3) is 5.91 Å². The number of benzene rings is 1. The monoisotopic (exact) mass is 390 g/mol.